The third-order valence-corrected chi connectivity index (χ3v) is 2.75. The Hall–Kier alpha value is -0.350. The first kappa shape index (κ1) is 6.37. The van der Waals surface area contributed by atoms with E-state index in [1.165, 1.54) is 11.7 Å². The molecule has 0 heterocycles. The maximum atomic E-state index is 2.80. The lowest BCUT2D eigenvalue weighted by molar-refractivity contribution is 0.673. The van der Waals surface area contributed by atoms with Crippen LogP contribution in [0.25, 0.3) is 0 Å². The van der Waals surface area contributed by atoms with Gasteiger partial charge in [-0.3, -0.25) is 0 Å². The number of hydrogen-bond donors (Lipinski definition) is 0. The van der Waals surface area contributed by atoms with Crippen LogP contribution >= 0.6 is 9.24 Å². The van der Waals surface area contributed by atoms with Gasteiger partial charge < -0.3 is 0 Å². The molecule has 1 heteroatoms. The Kier molecular flexibility index (Phi) is 1.32. The molecule has 2 atom stereocenters. The van der Waals surface area contributed by atoms with Crippen molar-refractivity contribution in [1.29, 1.82) is 0 Å². The lowest BCUT2D eigenvalue weighted by Gasteiger charge is -2.28. The molecule has 10 heavy (non-hydrogen) atoms. The summed E-state index contributed by atoms with van der Waals surface area (Å²) in [6.07, 6.45) is 1.28. The second kappa shape index (κ2) is 2.07. The van der Waals surface area contributed by atoms with E-state index in [4.69, 9.17) is 0 Å². The van der Waals surface area contributed by atoms with Crippen LogP contribution in [0.4, 0.5) is 0 Å². The molecule has 1 aromatic carbocycles. The van der Waals surface area contributed by atoms with E-state index >= 15 is 0 Å². The van der Waals surface area contributed by atoms with E-state index < -0.39 is 0 Å². The first-order valence-corrected chi connectivity index (χ1v) is 4.24. The SMILES string of the molecule is CC1Cc2cccc(P)c21. The Bertz CT molecular complexity index is 251. The highest BCUT2D eigenvalue weighted by molar-refractivity contribution is 7.27. The standard InChI is InChI=1S/C9H11P/c1-6-5-7-3-2-4-8(10)9(6)7/h2-4,6H,5,10H2,1H3. The second-order valence-electron chi connectivity index (χ2n) is 3.03. The molecule has 1 aliphatic carbocycles. The fourth-order valence-corrected chi connectivity index (χ4v) is 2.29. The summed E-state index contributed by atoms with van der Waals surface area (Å²) in [6.45, 7) is 2.29. The van der Waals surface area contributed by atoms with Crippen molar-refractivity contribution in [3.05, 3.63) is 29.3 Å². The van der Waals surface area contributed by atoms with E-state index in [1.54, 1.807) is 11.1 Å². The van der Waals surface area contributed by atoms with Crippen molar-refractivity contribution in [2.24, 2.45) is 0 Å². The molecule has 0 N–H and O–H groups in total. The van der Waals surface area contributed by atoms with E-state index in [9.17, 15) is 0 Å². The fourth-order valence-electron chi connectivity index (χ4n) is 1.71. The van der Waals surface area contributed by atoms with Gasteiger partial charge in [0.1, 0.15) is 0 Å². The van der Waals surface area contributed by atoms with Crippen molar-refractivity contribution < 1.29 is 0 Å². The molecule has 2 unspecified atom stereocenters. The molecule has 0 nitrogen and oxygen atoms in total. The van der Waals surface area contributed by atoms with Gasteiger partial charge in [0, 0.05) is 0 Å². The highest BCUT2D eigenvalue weighted by Gasteiger charge is 2.22. The minimum Gasteiger partial charge on any atom is -0.105 e. The maximum Gasteiger partial charge on any atom is -0.0141 e. The Balaban J connectivity index is 2.58. The van der Waals surface area contributed by atoms with Crippen LogP contribution in [-0.2, 0) is 6.42 Å². The van der Waals surface area contributed by atoms with Crippen LogP contribution < -0.4 is 5.30 Å². The van der Waals surface area contributed by atoms with Crippen LogP contribution in [0.2, 0.25) is 0 Å². The van der Waals surface area contributed by atoms with Crippen molar-refractivity contribution in [3.63, 3.8) is 0 Å². The van der Waals surface area contributed by atoms with Crippen LogP contribution in [0.5, 0.6) is 0 Å². The third kappa shape index (κ3) is 0.722. The quantitative estimate of drug-likeness (QED) is 0.495. The predicted molar refractivity (Wildman–Crippen MR) is 47.9 cm³/mol. The first-order chi connectivity index (χ1) is 4.79. The fraction of sp³-hybridized carbons (Fsp3) is 0.333. The van der Waals surface area contributed by atoms with Gasteiger partial charge in [0.15, 0.2) is 0 Å². The largest absolute Gasteiger partial charge is 0.105 e. The molecule has 1 aromatic rings. The summed E-state index contributed by atoms with van der Waals surface area (Å²) >= 11 is 0. The molecule has 0 amide bonds. The Morgan fingerprint density at radius 3 is 2.80 bits per heavy atom. The zero-order valence-electron chi connectivity index (χ0n) is 6.09. The summed E-state index contributed by atoms with van der Waals surface area (Å²) in [5.41, 5.74) is 3.10. The highest BCUT2D eigenvalue weighted by Crippen LogP contribution is 2.33. The molecular formula is C9H11P. The third-order valence-electron chi connectivity index (χ3n) is 2.25. The predicted octanol–water partition coefficient (Wildman–Crippen LogP) is 1.85. The molecular weight excluding hydrogens is 139 g/mol. The van der Waals surface area contributed by atoms with Gasteiger partial charge >= 0.3 is 0 Å². The topological polar surface area (TPSA) is 0 Å². The van der Waals surface area contributed by atoms with E-state index in [0.29, 0.717) is 0 Å². The maximum absolute atomic E-state index is 2.80. The molecule has 52 valence electrons. The molecule has 0 saturated carbocycles. The lowest BCUT2D eigenvalue weighted by atomic mass is 9.79. The first-order valence-electron chi connectivity index (χ1n) is 3.66. The molecule has 0 spiro atoms. The molecule has 0 aromatic heterocycles. The lowest BCUT2D eigenvalue weighted by Crippen LogP contribution is -2.21. The summed E-state index contributed by atoms with van der Waals surface area (Å²) in [4.78, 5) is 0. The van der Waals surface area contributed by atoms with Crippen LogP contribution in [0.1, 0.15) is 24.0 Å². The Morgan fingerprint density at radius 1 is 1.50 bits per heavy atom. The molecule has 0 radical (unpaired) electrons. The summed E-state index contributed by atoms with van der Waals surface area (Å²) in [7, 11) is 2.80. The van der Waals surface area contributed by atoms with Gasteiger partial charge in [-0.15, -0.1) is 9.24 Å². The van der Waals surface area contributed by atoms with E-state index in [0.717, 1.165) is 5.92 Å². The van der Waals surface area contributed by atoms with Gasteiger partial charge in [-0.05, 0) is 28.8 Å². The van der Waals surface area contributed by atoms with Gasteiger partial charge in [0.2, 0.25) is 0 Å². The van der Waals surface area contributed by atoms with Crippen molar-refractivity contribution in [1.82, 2.24) is 0 Å². The Labute approximate surface area is 63.9 Å². The average Bonchev–Trinajstić information content (AvgIpc) is 1.85. The zero-order chi connectivity index (χ0) is 7.14. The normalized spacial score (nSPS) is 21.6. The zero-order valence-corrected chi connectivity index (χ0v) is 7.25. The number of benzene rings is 1. The average molecular weight is 150 g/mol. The summed E-state index contributed by atoms with van der Waals surface area (Å²) in [5, 5.41) is 1.39. The monoisotopic (exact) mass is 150 g/mol. The van der Waals surface area contributed by atoms with Crippen molar-refractivity contribution in [3.8, 4) is 0 Å². The smallest absolute Gasteiger partial charge is 0.0141 e. The molecule has 0 saturated heterocycles. The van der Waals surface area contributed by atoms with E-state index in [2.05, 4.69) is 34.4 Å². The minimum atomic E-state index is 0.795. The molecule has 2 rings (SSSR count). The minimum absolute atomic E-state index is 0.795. The van der Waals surface area contributed by atoms with Gasteiger partial charge in [-0.1, -0.05) is 25.1 Å². The molecule has 0 aliphatic heterocycles. The highest BCUT2D eigenvalue weighted by atomic mass is 31.0. The van der Waals surface area contributed by atoms with Crippen LogP contribution in [-0.4, -0.2) is 0 Å². The summed E-state index contributed by atoms with van der Waals surface area (Å²) < 4.78 is 0. The molecule has 1 aliphatic rings. The summed E-state index contributed by atoms with van der Waals surface area (Å²) in [6, 6.07) is 6.52. The van der Waals surface area contributed by atoms with Gasteiger partial charge in [-0.25, -0.2) is 0 Å². The van der Waals surface area contributed by atoms with E-state index in [1.807, 2.05) is 0 Å². The van der Waals surface area contributed by atoms with Crippen LogP contribution in [0.3, 0.4) is 0 Å². The van der Waals surface area contributed by atoms with Crippen LogP contribution in [0, 0.1) is 0 Å². The van der Waals surface area contributed by atoms with Crippen molar-refractivity contribution in [2.45, 2.75) is 19.3 Å². The summed E-state index contributed by atoms with van der Waals surface area (Å²) in [5.74, 6) is 0.795. The van der Waals surface area contributed by atoms with Gasteiger partial charge in [-0.2, -0.15) is 0 Å². The van der Waals surface area contributed by atoms with Crippen molar-refractivity contribution in [2.75, 3.05) is 0 Å². The van der Waals surface area contributed by atoms with Gasteiger partial charge in [0.25, 0.3) is 0 Å². The number of fused-ring (bicyclic) bond motifs is 1. The molecule has 0 bridgehead atoms. The second-order valence-corrected chi connectivity index (χ2v) is 3.65. The van der Waals surface area contributed by atoms with Crippen molar-refractivity contribution >= 4 is 14.5 Å². The number of hydrogen-bond acceptors (Lipinski definition) is 0. The molecule has 0 fully saturated rings. The number of rotatable bonds is 0. The Morgan fingerprint density at radius 2 is 2.30 bits per heavy atom. The van der Waals surface area contributed by atoms with Gasteiger partial charge in [0.05, 0.1) is 0 Å². The van der Waals surface area contributed by atoms with E-state index in [-0.39, 0.29) is 0 Å². The van der Waals surface area contributed by atoms with Crippen LogP contribution in [0.15, 0.2) is 18.2 Å².